The van der Waals surface area contributed by atoms with Gasteiger partial charge in [-0.2, -0.15) is 0 Å². The molecule has 3 heteroatoms. The molecule has 0 aliphatic rings. The lowest BCUT2D eigenvalue weighted by atomic mass is 10.2. The van der Waals surface area contributed by atoms with E-state index in [0.29, 0.717) is 6.54 Å². The van der Waals surface area contributed by atoms with Gasteiger partial charge in [-0.05, 0) is 37.1 Å². The topological polar surface area (TPSA) is 52.5 Å². The zero-order chi connectivity index (χ0) is 11.8. The highest BCUT2D eigenvalue weighted by Gasteiger charge is 1.99. The first-order valence-corrected chi connectivity index (χ1v) is 5.39. The van der Waals surface area contributed by atoms with Gasteiger partial charge >= 0.3 is 0 Å². The van der Waals surface area contributed by atoms with Crippen molar-refractivity contribution in [2.24, 2.45) is 0 Å². The van der Waals surface area contributed by atoms with E-state index in [1.54, 1.807) is 12.1 Å². The fourth-order valence-electron chi connectivity index (χ4n) is 1.39. The number of aromatic hydroxyl groups is 2. The van der Waals surface area contributed by atoms with Crippen molar-refractivity contribution in [1.29, 1.82) is 0 Å². The summed E-state index contributed by atoms with van der Waals surface area (Å²) >= 11 is 0. The quantitative estimate of drug-likeness (QED) is 0.389. The molecule has 1 aromatic rings. The molecule has 0 unspecified atom stereocenters. The van der Waals surface area contributed by atoms with Crippen molar-refractivity contribution in [2.75, 3.05) is 6.54 Å². The van der Waals surface area contributed by atoms with Crippen molar-refractivity contribution in [3.8, 4) is 23.8 Å². The number of rotatable bonds is 6. The Hall–Kier alpha value is -1.66. The third-order valence-electron chi connectivity index (χ3n) is 2.29. The van der Waals surface area contributed by atoms with Crippen LogP contribution in [0.5, 0.6) is 11.5 Å². The Morgan fingerprint density at radius 3 is 2.69 bits per heavy atom. The third-order valence-corrected chi connectivity index (χ3v) is 2.29. The van der Waals surface area contributed by atoms with Gasteiger partial charge in [0.1, 0.15) is 0 Å². The first-order valence-electron chi connectivity index (χ1n) is 5.39. The Kier molecular flexibility index (Phi) is 5.24. The largest absolute Gasteiger partial charge is 0.504 e. The summed E-state index contributed by atoms with van der Waals surface area (Å²) in [4.78, 5) is 0. The molecule has 1 rings (SSSR count). The Labute approximate surface area is 96.1 Å². The van der Waals surface area contributed by atoms with E-state index in [1.165, 1.54) is 6.07 Å². The molecule has 0 fully saturated rings. The highest BCUT2D eigenvalue weighted by molar-refractivity contribution is 5.40. The molecule has 3 nitrogen and oxygen atoms in total. The van der Waals surface area contributed by atoms with Gasteiger partial charge in [-0.25, -0.2) is 0 Å². The molecule has 0 heterocycles. The van der Waals surface area contributed by atoms with E-state index < -0.39 is 0 Å². The Bertz CT molecular complexity index is 369. The maximum atomic E-state index is 9.27. The molecule has 0 aliphatic carbocycles. The number of terminal acetylenes is 1. The van der Waals surface area contributed by atoms with Crippen LogP contribution in [0.3, 0.4) is 0 Å². The van der Waals surface area contributed by atoms with E-state index in [4.69, 9.17) is 11.5 Å². The van der Waals surface area contributed by atoms with Crippen molar-refractivity contribution in [1.82, 2.24) is 5.32 Å². The van der Waals surface area contributed by atoms with Gasteiger partial charge in [-0.1, -0.05) is 6.07 Å². The zero-order valence-electron chi connectivity index (χ0n) is 9.24. The number of unbranched alkanes of at least 4 members (excludes halogenated alkanes) is 2. The van der Waals surface area contributed by atoms with Gasteiger partial charge in [0.25, 0.3) is 0 Å². The minimum absolute atomic E-state index is 0.0772. The van der Waals surface area contributed by atoms with Gasteiger partial charge in [0.2, 0.25) is 0 Å². The van der Waals surface area contributed by atoms with Crippen LogP contribution in [0.25, 0.3) is 0 Å². The van der Waals surface area contributed by atoms with Crippen LogP contribution in [0.1, 0.15) is 24.8 Å². The maximum absolute atomic E-state index is 9.27. The second-order valence-electron chi connectivity index (χ2n) is 3.66. The molecule has 0 bridgehead atoms. The third kappa shape index (κ3) is 4.24. The molecule has 0 aromatic heterocycles. The number of phenols is 2. The minimum atomic E-state index is -0.0854. The normalized spacial score (nSPS) is 9.94. The molecule has 3 N–H and O–H groups in total. The molecular formula is C13H17NO2. The average molecular weight is 219 g/mol. The molecule has 0 aliphatic heterocycles. The van der Waals surface area contributed by atoms with E-state index in [2.05, 4.69) is 11.2 Å². The Balaban J connectivity index is 2.22. The number of hydrogen-bond donors (Lipinski definition) is 3. The van der Waals surface area contributed by atoms with Gasteiger partial charge in [0, 0.05) is 13.0 Å². The SMILES string of the molecule is C#CCCCCNCc1ccc(O)c(O)c1. The highest BCUT2D eigenvalue weighted by Crippen LogP contribution is 2.24. The zero-order valence-corrected chi connectivity index (χ0v) is 9.24. The number of phenolic OH excluding ortho intramolecular Hbond substituents is 2. The van der Waals surface area contributed by atoms with E-state index in [9.17, 15) is 5.11 Å². The molecule has 16 heavy (non-hydrogen) atoms. The van der Waals surface area contributed by atoms with Gasteiger partial charge in [0.15, 0.2) is 11.5 Å². The standard InChI is InChI=1S/C13H17NO2/c1-2-3-4-5-8-14-10-11-6-7-12(15)13(16)9-11/h1,6-7,9,14-16H,3-5,8,10H2. The molecule has 1 aromatic carbocycles. The molecule has 86 valence electrons. The van der Waals surface area contributed by atoms with Crippen molar-refractivity contribution < 1.29 is 10.2 Å². The average Bonchev–Trinajstić information content (AvgIpc) is 2.28. The van der Waals surface area contributed by atoms with Crippen molar-refractivity contribution >= 4 is 0 Å². The predicted molar refractivity (Wildman–Crippen MR) is 64.2 cm³/mol. The monoisotopic (exact) mass is 219 g/mol. The second-order valence-corrected chi connectivity index (χ2v) is 3.66. The molecule has 0 spiro atoms. The molecule has 0 atom stereocenters. The summed E-state index contributed by atoms with van der Waals surface area (Å²) in [6.45, 7) is 1.59. The Morgan fingerprint density at radius 2 is 2.00 bits per heavy atom. The van der Waals surface area contributed by atoms with Crippen LogP contribution < -0.4 is 5.32 Å². The predicted octanol–water partition coefficient (Wildman–Crippen LogP) is 1.99. The minimum Gasteiger partial charge on any atom is -0.504 e. The summed E-state index contributed by atoms with van der Waals surface area (Å²) in [5.74, 6) is 2.44. The molecule has 0 radical (unpaired) electrons. The van der Waals surface area contributed by atoms with Crippen LogP contribution in [-0.4, -0.2) is 16.8 Å². The highest BCUT2D eigenvalue weighted by atomic mass is 16.3. The fourth-order valence-corrected chi connectivity index (χ4v) is 1.39. The molecule has 0 amide bonds. The van der Waals surface area contributed by atoms with Gasteiger partial charge in [-0.3, -0.25) is 0 Å². The number of nitrogens with one attached hydrogen (secondary N) is 1. The van der Waals surface area contributed by atoms with Crippen molar-refractivity contribution in [3.63, 3.8) is 0 Å². The summed E-state index contributed by atoms with van der Waals surface area (Å²) in [6.07, 6.45) is 8.05. The first-order chi connectivity index (χ1) is 7.74. The van der Waals surface area contributed by atoms with E-state index in [1.807, 2.05) is 0 Å². The Morgan fingerprint density at radius 1 is 1.19 bits per heavy atom. The summed E-state index contributed by atoms with van der Waals surface area (Å²) in [5, 5.41) is 21.6. The van der Waals surface area contributed by atoms with Crippen LogP contribution in [0.15, 0.2) is 18.2 Å². The van der Waals surface area contributed by atoms with Gasteiger partial charge < -0.3 is 15.5 Å². The van der Waals surface area contributed by atoms with Crippen LogP contribution in [-0.2, 0) is 6.54 Å². The maximum Gasteiger partial charge on any atom is 0.157 e. The second kappa shape index (κ2) is 6.76. The number of benzene rings is 1. The first kappa shape index (κ1) is 12.4. The van der Waals surface area contributed by atoms with Crippen LogP contribution in [0.4, 0.5) is 0 Å². The van der Waals surface area contributed by atoms with Gasteiger partial charge in [-0.15, -0.1) is 12.3 Å². The summed E-state index contributed by atoms with van der Waals surface area (Å²) in [5.41, 5.74) is 0.951. The summed E-state index contributed by atoms with van der Waals surface area (Å²) < 4.78 is 0. The van der Waals surface area contributed by atoms with E-state index in [-0.39, 0.29) is 11.5 Å². The smallest absolute Gasteiger partial charge is 0.157 e. The lowest BCUT2D eigenvalue weighted by Crippen LogP contribution is -2.14. The van der Waals surface area contributed by atoms with Crippen LogP contribution >= 0.6 is 0 Å². The number of hydrogen-bond acceptors (Lipinski definition) is 3. The van der Waals surface area contributed by atoms with Crippen molar-refractivity contribution in [2.45, 2.75) is 25.8 Å². The fraction of sp³-hybridized carbons (Fsp3) is 0.385. The van der Waals surface area contributed by atoms with Gasteiger partial charge in [0.05, 0.1) is 0 Å². The lowest BCUT2D eigenvalue weighted by molar-refractivity contribution is 0.403. The lowest BCUT2D eigenvalue weighted by Gasteiger charge is -2.05. The summed E-state index contributed by atoms with van der Waals surface area (Å²) in [6, 6.07) is 4.83. The van der Waals surface area contributed by atoms with E-state index >= 15 is 0 Å². The summed E-state index contributed by atoms with van der Waals surface area (Å²) in [7, 11) is 0. The molecule has 0 saturated carbocycles. The van der Waals surface area contributed by atoms with Crippen LogP contribution in [0, 0.1) is 12.3 Å². The van der Waals surface area contributed by atoms with E-state index in [0.717, 1.165) is 31.4 Å². The van der Waals surface area contributed by atoms with Crippen LogP contribution in [0.2, 0.25) is 0 Å². The molecular weight excluding hydrogens is 202 g/mol. The van der Waals surface area contributed by atoms with Crippen molar-refractivity contribution in [3.05, 3.63) is 23.8 Å². The molecule has 0 saturated heterocycles.